The first-order valence-electron chi connectivity index (χ1n) is 17.9. The maximum Gasteiger partial charge on any atom is 0.161 e. The molecular weight excluding hydrogens is 645 g/mol. The van der Waals surface area contributed by atoms with Crippen molar-refractivity contribution in [2.45, 2.75) is 0 Å². The molecule has 10 aromatic rings. The van der Waals surface area contributed by atoms with E-state index < -0.39 is 0 Å². The second-order valence-electron chi connectivity index (χ2n) is 13.4. The van der Waals surface area contributed by atoms with Crippen molar-refractivity contribution in [3.8, 4) is 67.3 Å². The van der Waals surface area contributed by atoms with Crippen LogP contribution in [-0.2, 0) is 0 Å². The molecule has 0 N–H and O–H groups in total. The number of benzene rings is 8. The standard InChI is InChI=1S/C50H32N2O/c1-3-11-33(12-4-1)35-23-26-39(27-24-35)46-32-45(38-14-5-2-6-15-38)51-50(52-46)44-30-42(31-48-49(44)43-17-9-10-18-47(43)53-48)37-21-19-36(20-22-37)41-28-25-34-13-7-8-16-40(34)29-41/h1-32H. The van der Waals surface area contributed by atoms with Crippen molar-refractivity contribution in [3.05, 3.63) is 194 Å². The van der Waals surface area contributed by atoms with Gasteiger partial charge in [-0.3, -0.25) is 0 Å². The van der Waals surface area contributed by atoms with E-state index in [1.165, 1.54) is 27.5 Å². The third kappa shape index (κ3) is 5.75. The van der Waals surface area contributed by atoms with Crippen LogP contribution in [0.25, 0.3) is 100.0 Å². The number of hydrogen-bond donors (Lipinski definition) is 0. The monoisotopic (exact) mass is 676 g/mol. The summed E-state index contributed by atoms with van der Waals surface area (Å²) in [5, 5.41) is 4.52. The molecule has 0 bridgehead atoms. The van der Waals surface area contributed by atoms with Crippen LogP contribution in [0.5, 0.6) is 0 Å². The summed E-state index contributed by atoms with van der Waals surface area (Å²) in [6, 6.07) is 68.0. The summed E-state index contributed by atoms with van der Waals surface area (Å²) in [6.07, 6.45) is 0. The van der Waals surface area contributed by atoms with Crippen molar-refractivity contribution in [2.75, 3.05) is 0 Å². The summed E-state index contributed by atoms with van der Waals surface area (Å²) in [7, 11) is 0. The summed E-state index contributed by atoms with van der Waals surface area (Å²) in [5.74, 6) is 0.652. The molecule has 0 fully saturated rings. The molecule has 0 aliphatic carbocycles. The minimum atomic E-state index is 0.652. The lowest BCUT2D eigenvalue weighted by Crippen LogP contribution is -1.97. The fourth-order valence-corrected chi connectivity index (χ4v) is 7.36. The number of furan rings is 1. The Hall–Kier alpha value is -7.10. The Morgan fingerprint density at radius 3 is 1.55 bits per heavy atom. The lowest BCUT2D eigenvalue weighted by Gasteiger charge is -2.12. The van der Waals surface area contributed by atoms with Crippen molar-refractivity contribution in [3.63, 3.8) is 0 Å². The van der Waals surface area contributed by atoms with Crippen LogP contribution in [0, 0.1) is 0 Å². The van der Waals surface area contributed by atoms with Gasteiger partial charge in [0.1, 0.15) is 11.2 Å². The van der Waals surface area contributed by atoms with E-state index in [9.17, 15) is 0 Å². The first-order chi connectivity index (χ1) is 26.2. The van der Waals surface area contributed by atoms with Gasteiger partial charge in [0.15, 0.2) is 5.82 Å². The third-order valence-electron chi connectivity index (χ3n) is 10.1. The SMILES string of the molecule is c1ccc(-c2ccc(-c3cc(-c4ccccc4)nc(-c4cc(-c5ccc(-c6ccc7ccccc7c6)cc5)cc5oc6ccccc6c45)n3)cc2)cc1. The van der Waals surface area contributed by atoms with Crippen molar-refractivity contribution in [2.24, 2.45) is 0 Å². The van der Waals surface area contributed by atoms with E-state index in [2.05, 4.69) is 170 Å². The van der Waals surface area contributed by atoms with Gasteiger partial charge < -0.3 is 4.42 Å². The van der Waals surface area contributed by atoms with Crippen molar-refractivity contribution in [1.29, 1.82) is 0 Å². The van der Waals surface area contributed by atoms with Crippen LogP contribution in [0.15, 0.2) is 199 Å². The van der Waals surface area contributed by atoms with Crippen LogP contribution in [0.2, 0.25) is 0 Å². The van der Waals surface area contributed by atoms with Gasteiger partial charge in [0.05, 0.1) is 11.4 Å². The summed E-state index contributed by atoms with van der Waals surface area (Å²) < 4.78 is 6.54. The summed E-state index contributed by atoms with van der Waals surface area (Å²) in [4.78, 5) is 10.6. The molecule has 0 aliphatic rings. The van der Waals surface area contributed by atoms with Gasteiger partial charge in [-0.1, -0.05) is 164 Å². The fraction of sp³-hybridized carbons (Fsp3) is 0. The normalized spacial score (nSPS) is 11.4. The summed E-state index contributed by atoms with van der Waals surface area (Å²) >= 11 is 0. The van der Waals surface area contributed by atoms with Gasteiger partial charge in [0.2, 0.25) is 0 Å². The highest BCUT2D eigenvalue weighted by molar-refractivity contribution is 6.13. The Kier molecular flexibility index (Phi) is 7.47. The highest BCUT2D eigenvalue weighted by Gasteiger charge is 2.19. The molecule has 0 saturated carbocycles. The third-order valence-corrected chi connectivity index (χ3v) is 10.1. The second-order valence-corrected chi connectivity index (χ2v) is 13.4. The average molecular weight is 677 g/mol. The van der Waals surface area contributed by atoms with Crippen LogP contribution in [-0.4, -0.2) is 9.97 Å². The highest BCUT2D eigenvalue weighted by atomic mass is 16.3. The maximum atomic E-state index is 6.54. The van der Waals surface area contributed by atoms with Crippen molar-refractivity contribution < 1.29 is 4.42 Å². The van der Waals surface area contributed by atoms with E-state index in [0.29, 0.717) is 5.82 Å². The number of rotatable bonds is 6. The zero-order valence-corrected chi connectivity index (χ0v) is 28.8. The van der Waals surface area contributed by atoms with Gasteiger partial charge in [-0.05, 0) is 74.5 Å². The predicted octanol–water partition coefficient (Wildman–Crippen LogP) is 13.5. The summed E-state index contributed by atoms with van der Waals surface area (Å²) in [5.41, 5.74) is 13.2. The van der Waals surface area contributed by atoms with Gasteiger partial charge in [-0.15, -0.1) is 0 Å². The fourth-order valence-electron chi connectivity index (χ4n) is 7.36. The lowest BCUT2D eigenvalue weighted by atomic mass is 9.95. The molecule has 0 saturated heterocycles. The average Bonchev–Trinajstić information content (AvgIpc) is 3.62. The van der Waals surface area contributed by atoms with Crippen LogP contribution in [0.3, 0.4) is 0 Å². The van der Waals surface area contributed by atoms with Gasteiger partial charge in [0, 0.05) is 27.5 Å². The summed E-state index contributed by atoms with van der Waals surface area (Å²) in [6.45, 7) is 0. The molecule has 10 rings (SSSR count). The molecule has 2 aromatic heterocycles. The van der Waals surface area contributed by atoms with Crippen LogP contribution < -0.4 is 0 Å². The molecular formula is C50H32N2O. The minimum Gasteiger partial charge on any atom is -0.456 e. The molecule has 8 aromatic carbocycles. The van der Waals surface area contributed by atoms with E-state index in [1.807, 2.05) is 24.3 Å². The number of nitrogens with zero attached hydrogens (tertiary/aromatic N) is 2. The molecule has 0 radical (unpaired) electrons. The van der Waals surface area contributed by atoms with E-state index in [-0.39, 0.29) is 0 Å². The zero-order chi connectivity index (χ0) is 35.1. The Balaban J connectivity index is 1.13. The van der Waals surface area contributed by atoms with E-state index >= 15 is 0 Å². The topological polar surface area (TPSA) is 38.9 Å². The maximum absolute atomic E-state index is 6.54. The number of aromatic nitrogens is 2. The molecule has 3 heteroatoms. The Morgan fingerprint density at radius 1 is 0.321 bits per heavy atom. The van der Waals surface area contributed by atoms with E-state index in [0.717, 1.165) is 66.7 Å². The minimum absolute atomic E-state index is 0.652. The molecule has 53 heavy (non-hydrogen) atoms. The van der Waals surface area contributed by atoms with Gasteiger partial charge >= 0.3 is 0 Å². The predicted molar refractivity (Wildman–Crippen MR) is 219 cm³/mol. The Morgan fingerprint density at radius 2 is 0.830 bits per heavy atom. The Labute approximate surface area is 307 Å². The number of para-hydroxylation sites is 1. The van der Waals surface area contributed by atoms with E-state index in [4.69, 9.17) is 14.4 Å². The van der Waals surface area contributed by atoms with Crippen LogP contribution in [0.4, 0.5) is 0 Å². The molecule has 0 aliphatic heterocycles. The molecule has 0 unspecified atom stereocenters. The van der Waals surface area contributed by atoms with Gasteiger partial charge in [-0.2, -0.15) is 0 Å². The zero-order valence-electron chi connectivity index (χ0n) is 28.8. The smallest absolute Gasteiger partial charge is 0.161 e. The van der Waals surface area contributed by atoms with Crippen LogP contribution in [0.1, 0.15) is 0 Å². The van der Waals surface area contributed by atoms with Crippen molar-refractivity contribution >= 4 is 32.7 Å². The van der Waals surface area contributed by atoms with E-state index in [1.54, 1.807) is 0 Å². The molecule has 0 spiro atoms. The second kappa shape index (κ2) is 12.9. The first-order valence-corrected chi connectivity index (χ1v) is 17.9. The van der Waals surface area contributed by atoms with Gasteiger partial charge in [0.25, 0.3) is 0 Å². The van der Waals surface area contributed by atoms with Crippen LogP contribution >= 0.6 is 0 Å². The molecule has 0 amide bonds. The molecule has 3 nitrogen and oxygen atoms in total. The Bertz CT molecular complexity index is 2910. The lowest BCUT2D eigenvalue weighted by molar-refractivity contribution is 0.669. The molecule has 2 heterocycles. The quantitative estimate of drug-likeness (QED) is 0.176. The highest BCUT2D eigenvalue weighted by Crippen LogP contribution is 2.41. The largest absolute Gasteiger partial charge is 0.456 e. The molecule has 248 valence electrons. The van der Waals surface area contributed by atoms with Gasteiger partial charge in [-0.25, -0.2) is 9.97 Å². The number of hydrogen-bond acceptors (Lipinski definition) is 3. The van der Waals surface area contributed by atoms with Crippen molar-refractivity contribution in [1.82, 2.24) is 9.97 Å². The molecule has 0 atom stereocenters. The number of fused-ring (bicyclic) bond motifs is 4. The first kappa shape index (κ1) is 30.7.